The predicted molar refractivity (Wildman–Crippen MR) is 84.2 cm³/mol. The fourth-order valence-corrected chi connectivity index (χ4v) is 1.95. The van der Waals surface area contributed by atoms with Crippen LogP contribution in [0.15, 0.2) is 36.7 Å². The van der Waals surface area contributed by atoms with E-state index in [1.807, 2.05) is 18.2 Å². The van der Waals surface area contributed by atoms with Gasteiger partial charge in [0.1, 0.15) is 12.1 Å². The van der Waals surface area contributed by atoms with Crippen molar-refractivity contribution in [2.45, 2.75) is 32.9 Å². The molecule has 0 aliphatic heterocycles. The topological polar surface area (TPSA) is 73.1 Å². The van der Waals surface area contributed by atoms with Crippen LogP contribution in [0.3, 0.4) is 0 Å². The van der Waals surface area contributed by atoms with E-state index in [0.717, 1.165) is 17.8 Å². The molecule has 112 valence electrons. The summed E-state index contributed by atoms with van der Waals surface area (Å²) in [4.78, 5) is 8.32. The lowest BCUT2D eigenvalue weighted by atomic mass is 10.1. The Bertz CT molecular complexity index is 556. The zero-order chi connectivity index (χ0) is 15.1. The van der Waals surface area contributed by atoms with Crippen molar-refractivity contribution in [2.75, 3.05) is 11.9 Å². The lowest BCUT2D eigenvalue weighted by molar-refractivity contribution is 0.305. The lowest BCUT2D eigenvalue weighted by Gasteiger charge is -2.15. The summed E-state index contributed by atoms with van der Waals surface area (Å²) < 4.78 is 5.51. The summed E-state index contributed by atoms with van der Waals surface area (Å²) in [5.41, 5.74) is 7.92. The van der Waals surface area contributed by atoms with E-state index < -0.39 is 0 Å². The fraction of sp³-hybridized carbons (Fsp3) is 0.375. The van der Waals surface area contributed by atoms with Gasteiger partial charge in [-0.15, -0.1) is 0 Å². The molecule has 1 aromatic carbocycles. The second kappa shape index (κ2) is 7.59. The molecule has 0 amide bonds. The third kappa shape index (κ3) is 4.43. The highest BCUT2D eigenvalue weighted by molar-refractivity contribution is 5.40. The molecule has 1 unspecified atom stereocenters. The minimum atomic E-state index is 0.144. The second-order valence-corrected chi connectivity index (χ2v) is 4.90. The number of aromatic nitrogens is 2. The summed E-state index contributed by atoms with van der Waals surface area (Å²) in [7, 11) is 0. The number of nitrogens with zero attached hydrogens (tertiary/aromatic N) is 2. The van der Waals surface area contributed by atoms with Crippen LogP contribution in [0.25, 0.3) is 0 Å². The van der Waals surface area contributed by atoms with Gasteiger partial charge in [-0.3, -0.25) is 0 Å². The number of benzene rings is 1. The molecule has 3 N–H and O–H groups in total. The minimum absolute atomic E-state index is 0.144. The van der Waals surface area contributed by atoms with Gasteiger partial charge in [0.2, 0.25) is 5.88 Å². The largest absolute Gasteiger partial charge is 0.478 e. The van der Waals surface area contributed by atoms with Gasteiger partial charge < -0.3 is 15.8 Å². The Morgan fingerprint density at radius 1 is 1.24 bits per heavy atom. The molecule has 1 heterocycles. The fourth-order valence-electron chi connectivity index (χ4n) is 1.95. The molecule has 0 bridgehead atoms. The van der Waals surface area contributed by atoms with E-state index in [9.17, 15) is 0 Å². The van der Waals surface area contributed by atoms with E-state index in [1.54, 1.807) is 0 Å². The molecule has 21 heavy (non-hydrogen) atoms. The van der Waals surface area contributed by atoms with Crippen molar-refractivity contribution in [2.24, 2.45) is 5.73 Å². The van der Waals surface area contributed by atoms with Crippen LogP contribution in [-0.4, -0.2) is 16.6 Å². The molecule has 0 fully saturated rings. The molecule has 0 aliphatic carbocycles. The number of rotatable bonds is 7. The Balaban J connectivity index is 2.02. The average molecular weight is 286 g/mol. The monoisotopic (exact) mass is 286 g/mol. The van der Waals surface area contributed by atoms with Gasteiger partial charge in [0, 0.05) is 18.7 Å². The Morgan fingerprint density at radius 2 is 2.00 bits per heavy atom. The highest BCUT2D eigenvalue weighted by Gasteiger charge is 2.07. The summed E-state index contributed by atoms with van der Waals surface area (Å²) in [5.74, 6) is 1.35. The number of anilines is 1. The summed E-state index contributed by atoms with van der Waals surface area (Å²) in [5, 5.41) is 3.35. The molecule has 0 saturated heterocycles. The van der Waals surface area contributed by atoms with E-state index >= 15 is 0 Å². The third-order valence-electron chi connectivity index (χ3n) is 3.18. The molecular formula is C16H22N4O. The van der Waals surface area contributed by atoms with E-state index in [1.165, 1.54) is 11.9 Å². The molecule has 5 heteroatoms. The summed E-state index contributed by atoms with van der Waals surface area (Å²) in [6, 6.07) is 10.2. The van der Waals surface area contributed by atoms with Gasteiger partial charge in [-0.05, 0) is 24.5 Å². The minimum Gasteiger partial charge on any atom is -0.478 e. The molecular weight excluding hydrogens is 264 g/mol. The normalized spacial score (nSPS) is 12.0. The molecule has 1 atom stereocenters. The Labute approximate surface area is 125 Å². The van der Waals surface area contributed by atoms with Crippen molar-refractivity contribution in [3.8, 4) is 5.88 Å². The molecule has 0 spiro atoms. The molecule has 2 aromatic rings. The maximum absolute atomic E-state index is 5.61. The van der Waals surface area contributed by atoms with Crippen LogP contribution in [0.4, 0.5) is 5.82 Å². The van der Waals surface area contributed by atoms with Gasteiger partial charge in [0.05, 0.1) is 6.61 Å². The first-order valence-electron chi connectivity index (χ1n) is 7.23. The van der Waals surface area contributed by atoms with E-state index in [-0.39, 0.29) is 6.04 Å². The molecule has 2 rings (SSSR count). The van der Waals surface area contributed by atoms with Crippen molar-refractivity contribution < 1.29 is 4.74 Å². The smallest absolute Gasteiger partial charge is 0.218 e. The van der Waals surface area contributed by atoms with E-state index in [4.69, 9.17) is 10.5 Å². The Morgan fingerprint density at radius 3 is 2.67 bits per heavy atom. The summed E-state index contributed by atoms with van der Waals surface area (Å²) >= 11 is 0. The lowest BCUT2D eigenvalue weighted by Crippen LogP contribution is -2.09. The quantitative estimate of drug-likeness (QED) is 0.818. The van der Waals surface area contributed by atoms with E-state index in [0.29, 0.717) is 19.0 Å². The van der Waals surface area contributed by atoms with Crippen molar-refractivity contribution in [3.05, 3.63) is 47.8 Å². The zero-order valence-electron chi connectivity index (χ0n) is 12.5. The SMILES string of the molecule is CCCOc1cc(NC(C)c2ccc(CN)cc2)ncn1. The first-order valence-corrected chi connectivity index (χ1v) is 7.23. The molecule has 0 aliphatic rings. The van der Waals surface area contributed by atoms with Crippen LogP contribution in [0.5, 0.6) is 5.88 Å². The maximum atomic E-state index is 5.61. The van der Waals surface area contributed by atoms with E-state index in [2.05, 4.69) is 41.3 Å². The number of ether oxygens (including phenoxy) is 1. The van der Waals surface area contributed by atoms with Gasteiger partial charge in [0.15, 0.2) is 0 Å². The summed E-state index contributed by atoms with van der Waals surface area (Å²) in [6.45, 7) is 5.37. The highest BCUT2D eigenvalue weighted by Crippen LogP contribution is 2.20. The molecule has 5 nitrogen and oxygen atoms in total. The van der Waals surface area contributed by atoms with Crippen LogP contribution in [0, 0.1) is 0 Å². The predicted octanol–water partition coefficient (Wildman–Crippen LogP) is 2.90. The Kier molecular flexibility index (Phi) is 5.51. The van der Waals surface area contributed by atoms with Crippen molar-refractivity contribution in [1.82, 2.24) is 9.97 Å². The first-order chi connectivity index (χ1) is 10.2. The second-order valence-electron chi connectivity index (χ2n) is 4.90. The first kappa shape index (κ1) is 15.3. The van der Waals surface area contributed by atoms with Gasteiger partial charge >= 0.3 is 0 Å². The van der Waals surface area contributed by atoms with Crippen LogP contribution in [0.1, 0.15) is 37.4 Å². The molecule has 0 radical (unpaired) electrons. The standard InChI is InChI=1S/C16H22N4O/c1-3-8-21-16-9-15(18-11-19-16)20-12(2)14-6-4-13(10-17)5-7-14/h4-7,9,11-12H,3,8,10,17H2,1-2H3,(H,18,19,20). The van der Waals surface area contributed by atoms with Crippen molar-refractivity contribution in [3.63, 3.8) is 0 Å². The number of nitrogens with two attached hydrogens (primary N) is 1. The van der Waals surface area contributed by atoms with Crippen molar-refractivity contribution in [1.29, 1.82) is 0 Å². The van der Waals surface area contributed by atoms with Crippen LogP contribution < -0.4 is 15.8 Å². The van der Waals surface area contributed by atoms with Gasteiger partial charge in [-0.2, -0.15) is 0 Å². The van der Waals surface area contributed by atoms with Gasteiger partial charge in [0.25, 0.3) is 0 Å². The van der Waals surface area contributed by atoms with Gasteiger partial charge in [-0.25, -0.2) is 9.97 Å². The number of nitrogens with one attached hydrogen (secondary N) is 1. The van der Waals surface area contributed by atoms with Gasteiger partial charge in [-0.1, -0.05) is 31.2 Å². The number of hydrogen-bond donors (Lipinski definition) is 2. The molecule has 1 aromatic heterocycles. The third-order valence-corrected chi connectivity index (χ3v) is 3.18. The highest BCUT2D eigenvalue weighted by atomic mass is 16.5. The summed E-state index contributed by atoms with van der Waals surface area (Å²) in [6.07, 6.45) is 2.47. The van der Waals surface area contributed by atoms with Crippen LogP contribution >= 0.6 is 0 Å². The maximum Gasteiger partial charge on any atom is 0.218 e. The van der Waals surface area contributed by atoms with Crippen molar-refractivity contribution >= 4 is 5.82 Å². The molecule has 0 saturated carbocycles. The number of hydrogen-bond acceptors (Lipinski definition) is 5. The Hall–Kier alpha value is -2.14. The van der Waals surface area contributed by atoms with Crippen LogP contribution in [-0.2, 0) is 6.54 Å². The van der Waals surface area contributed by atoms with Crippen LogP contribution in [0.2, 0.25) is 0 Å². The zero-order valence-corrected chi connectivity index (χ0v) is 12.5. The average Bonchev–Trinajstić information content (AvgIpc) is 2.53.